The van der Waals surface area contributed by atoms with E-state index in [4.69, 9.17) is 4.74 Å². The number of cyclic esters (lactones) is 1. The van der Waals surface area contributed by atoms with Gasteiger partial charge in [-0.15, -0.1) is 10.2 Å². The number of thioether (sulfide) groups is 1. The van der Waals surface area contributed by atoms with Crippen molar-refractivity contribution in [3.8, 4) is 0 Å². The molecule has 2 heterocycles. The van der Waals surface area contributed by atoms with Gasteiger partial charge in [-0.25, -0.2) is 0 Å². The van der Waals surface area contributed by atoms with Crippen molar-refractivity contribution in [2.45, 2.75) is 68.5 Å². The summed E-state index contributed by atoms with van der Waals surface area (Å²) >= 11 is 1.51. The molecule has 5 nitrogen and oxygen atoms in total. The molecule has 1 saturated heterocycles. The van der Waals surface area contributed by atoms with E-state index in [9.17, 15) is 4.79 Å². The van der Waals surface area contributed by atoms with E-state index in [1.807, 2.05) is 6.92 Å². The highest BCUT2D eigenvalue weighted by atomic mass is 32.2. The predicted molar refractivity (Wildman–Crippen MR) is 72.2 cm³/mol. The third-order valence-corrected chi connectivity index (χ3v) is 4.65. The van der Waals surface area contributed by atoms with Crippen LogP contribution in [0.3, 0.4) is 0 Å². The minimum absolute atomic E-state index is 0.0202. The first-order valence-electron chi connectivity index (χ1n) is 6.88. The molecule has 0 spiro atoms. The second kappa shape index (κ2) is 4.81. The lowest BCUT2D eigenvalue weighted by Gasteiger charge is -2.11. The van der Waals surface area contributed by atoms with Crippen molar-refractivity contribution in [1.29, 1.82) is 0 Å². The zero-order chi connectivity index (χ0) is 13.6. The molecule has 1 aliphatic carbocycles. The van der Waals surface area contributed by atoms with Crippen LogP contribution in [-0.4, -0.2) is 32.1 Å². The number of ether oxygens (including phenoxy) is 1. The highest BCUT2D eigenvalue weighted by molar-refractivity contribution is 8.00. The molecule has 0 bridgehead atoms. The zero-order valence-corrected chi connectivity index (χ0v) is 12.3. The van der Waals surface area contributed by atoms with Crippen LogP contribution in [0.2, 0.25) is 0 Å². The molecule has 2 fully saturated rings. The molecule has 19 heavy (non-hydrogen) atoms. The summed E-state index contributed by atoms with van der Waals surface area (Å²) in [6.07, 6.45) is 3.16. The minimum Gasteiger partial charge on any atom is -0.462 e. The van der Waals surface area contributed by atoms with E-state index >= 15 is 0 Å². The maximum atomic E-state index is 11.7. The van der Waals surface area contributed by atoms with Gasteiger partial charge in [0, 0.05) is 18.4 Å². The van der Waals surface area contributed by atoms with Gasteiger partial charge in [0.25, 0.3) is 0 Å². The van der Waals surface area contributed by atoms with E-state index in [-0.39, 0.29) is 17.3 Å². The van der Waals surface area contributed by atoms with Crippen molar-refractivity contribution in [2.24, 2.45) is 0 Å². The first kappa shape index (κ1) is 13.0. The fourth-order valence-electron chi connectivity index (χ4n) is 2.38. The molecule has 0 unspecified atom stereocenters. The quantitative estimate of drug-likeness (QED) is 0.794. The molecular formula is C13H19N3O2S. The van der Waals surface area contributed by atoms with Crippen LogP contribution in [0.15, 0.2) is 5.16 Å². The van der Waals surface area contributed by atoms with Gasteiger partial charge in [-0.2, -0.15) is 0 Å². The Labute approximate surface area is 117 Å². The van der Waals surface area contributed by atoms with Crippen LogP contribution >= 0.6 is 11.8 Å². The van der Waals surface area contributed by atoms with Gasteiger partial charge in [-0.3, -0.25) is 4.79 Å². The van der Waals surface area contributed by atoms with Gasteiger partial charge in [0.2, 0.25) is 0 Å². The summed E-state index contributed by atoms with van der Waals surface area (Å²) < 4.78 is 7.43. The lowest BCUT2D eigenvalue weighted by atomic mass is 10.2. The highest BCUT2D eigenvalue weighted by Gasteiger charge is 2.36. The number of nitrogens with zero attached hydrogens (tertiary/aromatic N) is 3. The fraction of sp³-hybridized carbons (Fsp3) is 0.769. The standard InChI is InChI=1S/C13H19N3O2S/c1-7(2)11-14-15-13(16(11)9-4-5-9)19-10-6-8(3)18-12(10)17/h7-10H,4-6H2,1-3H3/t8-,10+/m0/s1. The Balaban J connectivity index is 1.83. The Kier molecular flexibility index (Phi) is 3.28. The average Bonchev–Trinajstić information content (AvgIpc) is 3.01. The molecule has 1 aliphatic heterocycles. The Bertz CT molecular complexity index is 496. The van der Waals surface area contributed by atoms with Crippen LogP contribution in [0, 0.1) is 0 Å². The molecule has 0 aromatic carbocycles. The van der Waals surface area contributed by atoms with Crippen molar-refractivity contribution in [3.05, 3.63) is 5.82 Å². The zero-order valence-electron chi connectivity index (χ0n) is 11.5. The van der Waals surface area contributed by atoms with Crippen molar-refractivity contribution in [2.75, 3.05) is 0 Å². The first-order valence-corrected chi connectivity index (χ1v) is 7.76. The summed E-state index contributed by atoms with van der Waals surface area (Å²) in [6, 6.07) is 0.532. The third kappa shape index (κ3) is 2.50. The predicted octanol–water partition coefficient (Wildman–Crippen LogP) is 2.53. The molecule has 1 aromatic rings. The van der Waals surface area contributed by atoms with Crippen molar-refractivity contribution in [1.82, 2.24) is 14.8 Å². The first-order chi connectivity index (χ1) is 9.06. The highest BCUT2D eigenvalue weighted by Crippen LogP contribution is 2.42. The molecule has 2 aliphatic rings. The second-order valence-corrected chi connectivity index (χ2v) is 6.86. The summed E-state index contributed by atoms with van der Waals surface area (Å²) in [5.74, 6) is 1.27. The normalized spacial score (nSPS) is 27.1. The second-order valence-electron chi connectivity index (χ2n) is 5.69. The number of hydrogen-bond acceptors (Lipinski definition) is 5. The Morgan fingerprint density at radius 2 is 2.11 bits per heavy atom. The summed E-state index contributed by atoms with van der Waals surface area (Å²) in [7, 11) is 0. The summed E-state index contributed by atoms with van der Waals surface area (Å²) in [5, 5.41) is 9.34. The van der Waals surface area contributed by atoms with Crippen molar-refractivity contribution < 1.29 is 9.53 Å². The number of esters is 1. The van der Waals surface area contributed by atoms with Crippen LogP contribution < -0.4 is 0 Å². The molecule has 104 valence electrons. The molecule has 2 atom stereocenters. The van der Waals surface area contributed by atoms with Crippen LogP contribution in [-0.2, 0) is 9.53 Å². The number of rotatable bonds is 4. The van der Waals surface area contributed by atoms with E-state index in [0.717, 1.165) is 17.4 Å². The Morgan fingerprint density at radius 1 is 1.37 bits per heavy atom. The van der Waals surface area contributed by atoms with E-state index in [1.165, 1.54) is 24.6 Å². The maximum absolute atomic E-state index is 11.7. The smallest absolute Gasteiger partial charge is 0.319 e. The summed E-state index contributed by atoms with van der Waals surface area (Å²) in [5.41, 5.74) is 0. The SMILES string of the molecule is CC(C)c1nnc(S[C@@H]2C[C@H](C)OC2=O)n1C1CC1. The number of carbonyl (C=O) groups is 1. The van der Waals surface area contributed by atoms with E-state index in [0.29, 0.717) is 12.0 Å². The number of aromatic nitrogens is 3. The van der Waals surface area contributed by atoms with Crippen LogP contribution in [0.5, 0.6) is 0 Å². The van der Waals surface area contributed by atoms with Gasteiger partial charge in [0.1, 0.15) is 17.2 Å². The van der Waals surface area contributed by atoms with Crippen LogP contribution in [0.4, 0.5) is 0 Å². The number of carbonyl (C=O) groups excluding carboxylic acids is 1. The van der Waals surface area contributed by atoms with Crippen molar-refractivity contribution in [3.63, 3.8) is 0 Å². The van der Waals surface area contributed by atoms with Crippen molar-refractivity contribution >= 4 is 17.7 Å². The van der Waals surface area contributed by atoms with E-state index < -0.39 is 0 Å². The molecule has 3 rings (SSSR count). The van der Waals surface area contributed by atoms with Gasteiger partial charge in [-0.05, 0) is 19.8 Å². The van der Waals surface area contributed by atoms with Crippen LogP contribution in [0.25, 0.3) is 0 Å². The van der Waals surface area contributed by atoms with Gasteiger partial charge in [0.15, 0.2) is 5.16 Å². The molecule has 6 heteroatoms. The molecule has 0 amide bonds. The van der Waals surface area contributed by atoms with Gasteiger partial charge in [-0.1, -0.05) is 25.6 Å². The van der Waals surface area contributed by atoms with Gasteiger partial charge in [0.05, 0.1) is 0 Å². The number of hydrogen-bond donors (Lipinski definition) is 0. The topological polar surface area (TPSA) is 57.0 Å². The molecular weight excluding hydrogens is 262 g/mol. The lowest BCUT2D eigenvalue weighted by molar-refractivity contribution is -0.140. The molecule has 0 radical (unpaired) electrons. The summed E-state index contributed by atoms with van der Waals surface area (Å²) in [4.78, 5) is 11.7. The largest absolute Gasteiger partial charge is 0.462 e. The Hall–Kier alpha value is -1.04. The maximum Gasteiger partial charge on any atom is 0.319 e. The average molecular weight is 281 g/mol. The molecule has 1 saturated carbocycles. The van der Waals surface area contributed by atoms with Crippen LogP contribution in [0.1, 0.15) is 57.8 Å². The Morgan fingerprint density at radius 3 is 2.63 bits per heavy atom. The molecule has 0 N–H and O–H groups in total. The van der Waals surface area contributed by atoms with Gasteiger partial charge >= 0.3 is 5.97 Å². The fourth-order valence-corrected chi connectivity index (χ4v) is 3.60. The third-order valence-electron chi connectivity index (χ3n) is 3.49. The van der Waals surface area contributed by atoms with Gasteiger partial charge < -0.3 is 9.30 Å². The lowest BCUT2D eigenvalue weighted by Crippen LogP contribution is -2.12. The molecule has 1 aromatic heterocycles. The van der Waals surface area contributed by atoms with E-state index in [1.54, 1.807) is 0 Å². The minimum atomic E-state index is -0.128. The summed E-state index contributed by atoms with van der Waals surface area (Å²) in [6.45, 7) is 6.19. The van der Waals surface area contributed by atoms with E-state index in [2.05, 4.69) is 28.6 Å². The monoisotopic (exact) mass is 281 g/mol.